The van der Waals surface area contributed by atoms with E-state index in [1.807, 2.05) is 21.1 Å². The molecule has 0 saturated carbocycles. The SMILES string of the molecule is CCCCCCCC/C=C\CCCCCCCC(=O)OCC(COP(=O)([O-])OCC[N+](C)(C)C)OC(=O)CCCCCCC/C=C\CCCCCCCC.NCCO. The second kappa shape index (κ2) is 43.5. The molecule has 0 spiro atoms. The third kappa shape index (κ3) is 48.8. The molecule has 0 aliphatic rings. The molecular weight excluding hydrogens is 755 g/mol. The van der Waals surface area contributed by atoms with E-state index < -0.39 is 32.5 Å². The van der Waals surface area contributed by atoms with Gasteiger partial charge >= 0.3 is 11.9 Å². The maximum atomic E-state index is 12.7. The minimum atomic E-state index is -4.62. The Morgan fingerprint density at radius 1 is 0.621 bits per heavy atom. The summed E-state index contributed by atoms with van der Waals surface area (Å²) in [5.41, 5.74) is 4.78. The number of nitrogens with zero attached hydrogens (tertiary/aromatic N) is 1. The van der Waals surface area contributed by atoms with E-state index in [2.05, 4.69) is 38.2 Å². The van der Waals surface area contributed by atoms with Crippen LogP contribution >= 0.6 is 7.82 Å². The minimum Gasteiger partial charge on any atom is -0.756 e. The van der Waals surface area contributed by atoms with Crippen LogP contribution in [-0.4, -0.2) is 88.3 Å². The molecule has 12 heteroatoms. The van der Waals surface area contributed by atoms with E-state index in [0.717, 1.165) is 70.6 Å². The standard InChI is InChI=1S/C44H84NO8P.C2H7NO/c1-6-8-10-12-14-16-18-20-22-24-26-28-30-32-34-36-43(46)50-40-42(41-52-54(48,49)51-39-38-45(3,4)5)53-44(47)37-35-33-31-29-27-25-23-21-19-17-15-13-11-9-7-2;3-1-2-4/h20-23,42H,6-19,24-41H2,1-5H3;4H,1-3H2/b22-20-,23-21-;. The number of phosphoric ester groups is 1. The number of phosphoric acid groups is 1. The van der Waals surface area contributed by atoms with Crippen LogP contribution in [0.25, 0.3) is 0 Å². The summed E-state index contributed by atoms with van der Waals surface area (Å²) in [7, 11) is 1.16. The third-order valence-corrected chi connectivity index (χ3v) is 10.5. The van der Waals surface area contributed by atoms with Gasteiger partial charge in [0, 0.05) is 19.4 Å². The van der Waals surface area contributed by atoms with Crippen molar-refractivity contribution in [3.63, 3.8) is 0 Å². The summed E-state index contributed by atoms with van der Waals surface area (Å²) in [5, 5.41) is 7.75. The zero-order valence-electron chi connectivity index (χ0n) is 38.1. The van der Waals surface area contributed by atoms with Gasteiger partial charge in [-0.15, -0.1) is 0 Å². The number of allylic oxidation sites excluding steroid dienone is 4. The molecule has 0 aromatic carbocycles. The number of aliphatic hydroxyl groups excluding tert-OH is 1. The summed E-state index contributed by atoms with van der Waals surface area (Å²) >= 11 is 0. The molecule has 0 radical (unpaired) electrons. The lowest BCUT2D eigenvalue weighted by atomic mass is 10.1. The first-order valence-corrected chi connectivity index (χ1v) is 24.7. The highest BCUT2D eigenvalue weighted by molar-refractivity contribution is 7.45. The Balaban J connectivity index is 0. The number of likely N-dealkylation sites (N-methyl/N-ethyl adjacent to an activating group) is 1. The molecule has 2 atom stereocenters. The molecule has 0 aliphatic heterocycles. The van der Waals surface area contributed by atoms with Crippen LogP contribution in [-0.2, 0) is 32.7 Å². The summed E-state index contributed by atoms with van der Waals surface area (Å²) in [6, 6.07) is 0. The van der Waals surface area contributed by atoms with Gasteiger partial charge in [0.25, 0.3) is 7.82 Å². The molecule has 11 nitrogen and oxygen atoms in total. The van der Waals surface area contributed by atoms with Gasteiger partial charge < -0.3 is 38.7 Å². The van der Waals surface area contributed by atoms with Gasteiger partial charge in [-0.25, -0.2) is 0 Å². The fraction of sp³-hybridized carbons (Fsp3) is 0.870. The molecular formula is C46H91N2O9P. The second-order valence-corrected chi connectivity index (χ2v) is 18.0. The first-order chi connectivity index (χ1) is 27.9. The molecule has 344 valence electrons. The van der Waals surface area contributed by atoms with Gasteiger partial charge in [0.05, 0.1) is 34.4 Å². The van der Waals surface area contributed by atoms with E-state index in [-0.39, 0.29) is 32.7 Å². The Bertz CT molecular complexity index is 1020. The quantitative estimate of drug-likeness (QED) is 0.0199. The molecule has 0 aliphatic carbocycles. The Labute approximate surface area is 356 Å². The van der Waals surface area contributed by atoms with Gasteiger partial charge in [-0.1, -0.05) is 141 Å². The van der Waals surface area contributed by atoms with Crippen LogP contribution in [0.15, 0.2) is 24.3 Å². The number of esters is 2. The number of hydrogen-bond acceptors (Lipinski definition) is 10. The van der Waals surface area contributed by atoms with Crippen LogP contribution in [0.1, 0.15) is 194 Å². The zero-order chi connectivity index (χ0) is 43.4. The van der Waals surface area contributed by atoms with Gasteiger partial charge in [-0.05, 0) is 64.2 Å². The van der Waals surface area contributed by atoms with Crippen molar-refractivity contribution >= 4 is 19.8 Å². The van der Waals surface area contributed by atoms with E-state index in [1.165, 1.54) is 89.9 Å². The van der Waals surface area contributed by atoms with E-state index in [9.17, 15) is 19.0 Å². The topological polar surface area (TPSA) is 157 Å². The maximum Gasteiger partial charge on any atom is 0.306 e. The smallest absolute Gasteiger partial charge is 0.306 e. The number of nitrogens with two attached hydrogens (primary N) is 1. The number of carbonyl (C=O) groups is 2. The molecule has 0 heterocycles. The molecule has 58 heavy (non-hydrogen) atoms. The summed E-state index contributed by atoms with van der Waals surface area (Å²) < 4.78 is 33.9. The lowest BCUT2D eigenvalue weighted by molar-refractivity contribution is -0.870. The highest BCUT2D eigenvalue weighted by Gasteiger charge is 2.21. The minimum absolute atomic E-state index is 0.0326. The van der Waals surface area contributed by atoms with Crippen molar-refractivity contribution in [2.24, 2.45) is 5.73 Å². The summed E-state index contributed by atoms with van der Waals surface area (Å²) in [6.45, 7) is 4.67. The largest absolute Gasteiger partial charge is 0.756 e. The van der Waals surface area contributed by atoms with E-state index in [4.69, 9.17) is 29.4 Å². The van der Waals surface area contributed by atoms with Crippen molar-refractivity contribution in [3.05, 3.63) is 24.3 Å². The number of aliphatic hydroxyl groups is 1. The summed E-state index contributed by atoms with van der Waals surface area (Å²) in [4.78, 5) is 37.5. The van der Waals surface area contributed by atoms with Crippen LogP contribution in [0.5, 0.6) is 0 Å². The Hall–Kier alpha value is -1.59. The van der Waals surface area contributed by atoms with Gasteiger partial charge in [0.15, 0.2) is 6.10 Å². The fourth-order valence-electron chi connectivity index (χ4n) is 5.94. The van der Waals surface area contributed by atoms with Gasteiger partial charge in [-0.2, -0.15) is 0 Å². The lowest BCUT2D eigenvalue weighted by Gasteiger charge is -2.28. The lowest BCUT2D eigenvalue weighted by Crippen LogP contribution is -2.37. The van der Waals surface area contributed by atoms with Gasteiger partial charge in [0.2, 0.25) is 0 Å². The first-order valence-electron chi connectivity index (χ1n) is 23.3. The van der Waals surface area contributed by atoms with E-state index in [0.29, 0.717) is 24.0 Å². The summed E-state index contributed by atoms with van der Waals surface area (Å²) in [5.74, 6) is -0.850. The maximum absolute atomic E-state index is 12.7. The van der Waals surface area contributed by atoms with Crippen molar-refractivity contribution in [2.75, 3.05) is 60.7 Å². The van der Waals surface area contributed by atoms with Crippen LogP contribution in [0.2, 0.25) is 0 Å². The normalized spacial score (nSPS) is 13.4. The highest BCUT2D eigenvalue weighted by Crippen LogP contribution is 2.38. The van der Waals surface area contributed by atoms with Crippen molar-refractivity contribution in [2.45, 2.75) is 200 Å². The van der Waals surface area contributed by atoms with Crippen molar-refractivity contribution in [1.29, 1.82) is 0 Å². The summed E-state index contributed by atoms with van der Waals surface area (Å²) in [6.07, 6.45) is 39.1. The second-order valence-electron chi connectivity index (χ2n) is 16.6. The van der Waals surface area contributed by atoms with Crippen LogP contribution < -0.4 is 10.6 Å². The third-order valence-electron chi connectivity index (χ3n) is 9.57. The Morgan fingerprint density at radius 2 is 1.00 bits per heavy atom. The van der Waals surface area contributed by atoms with Crippen LogP contribution in [0, 0.1) is 0 Å². The number of unbranched alkanes of at least 4 members (excludes halogenated alkanes) is 22. The van der Waals surface area contributed by atoms with E-state index >= 15 is 0 Å². The van der Waals surface area contributed by atoms with Crippen molar-refractivity contribution in [3.8, 4) is 0 Å². The predicted molar refractivity (Wildman–Crippen MR) is 238 cm³/mol. The Morgan fingerprint density at radius 3 is 1.40 bits per heavy atom. The number of quaternary nitrogens is 1. The number of hydrogen-bond donors (Lipinski definition) is 2. The van der Waals surface area contributed by atoms with E-state index in [1.54, 1.807) is 0 Å². The first kappa shape index (κ1) is 58.5. The van der Waals surface area contributed by atoms with Gasteiger partial charge in [0.1, 0.15) is 19.8 Å². The molecule has 3 N–H and O–H groups in total. The van der Waals surface area contributed by atoms with Gasteiger partial charge in [-0.3, -0.25) is 14.2 Å². The van der Waals surface area contributed by atoms with Crippen LogP contribution in [0.3, 0.4) is 0 Å². The Kier molecular flexibility index (Phi) is 43.9. The fourth-order valence-corrected chi connectivity index (χ4v) is 6.67. The monoisotopic (exact) mass is 847 g/mol. The van der Waals surface area contributed by atoms with Crippen molar-refractivity contribution < 1.29 is 47.2 Å². The highest BCUT2D eigenvalue weighted by atomic mass is 31.2. The molecule has 2 unspecified atom stereocenters. The number of rotatable bonds is 41. The average molecular weight is 847 g/mol. The molecule has 0 aromatic rings. The predicted octanol–water partition coefficient (Wildman–Crippen LogP) is 10.7. The molecule has 0 aromatic heterocycles. The number of ether oxygens (including phenoxy) is 2. The van der Waals surface area contributed by atoms with Crippen LogP contribution in [0.4, 0.5) is 0 Å². The molecule has 0 fully saturated rings. The molecule has 0 rings (SSSR count). The zero-order valence-corrected chi connectivity index (χ0v) is 39.0. The molecule has 0 amide bonds. The average Bonchev–Trinajstić information content (AvgIpc) is 3.18. The van der Waals surface area contributed by atoms with Crippen molar-refractivity contribution in [1.82, 2.24) is 0 Å². The number of carbonyl (C=O) groups excluding carboxylic acids is 2. The molecule has 0 bridgehead atoms. The molecule has 0 saturated heterocycles.